The van der Waals surface area contributed by atoms with Gasteiger partial charge in [-0.2, -0.15) is 0 Å². The SMILES string of the molecule is O=C(Nc1nnc([C@@H]2O[C@H](CO)[C@@H](O)[C@H]2O)s1)Nc1cccc2c1CCCC2. The molecule has 1 aromatic heterocycles. The van der Waals surface area contributed by atoms with Gasteiger partial charge in [-0.3, -0.25) is 5.32 Å². The van der Waals surface area contributed by atoms with Crippen molar-refractivity contribution in [3.63, 3.8) is 0 Å². The molecular formula is C18H22N4O5S. The summed E-state index contributed by atoms with van der Waals surface area (Å²) in [5.74, 6) is 0. The van der Waals surface area contributed by atoms with Crippen molar-refractivity contribution in [2.24, 2.45) is 0 Å². The second-order valence-corrected chi connectivity index (χ2v) is 7.94. The number of aliphatic hydroxyl groups excluding tert-OH is 3. The summed E-state index contributed by atoms with van der Waals surface area (Å²) in [6, 6.07) is 5.48. The smallest absolute Gasteiger partial charge is 0.325 e. The van der Waals surface area contributed by atoms with Crippen molar-refractivity contribution in [3.05, 3.63) is 34.3 Å². The first-order valence-electron chi connectivity index (χ1n) is 9.21. The molecule has 2 amide bonds. The van der Waals surface area contributed by atoms with E-state index in [0.29, 0.717) is 5.01 Å². The number of aliphatic hydroxyl groups is 3. The predicted molar refractivity (Wildman–Crippen MR) is 102 cm³/mol. The molecule has 5 N–H and O–H groups in total. The fourth-order valence-corrected chi connectivity index (χ4v) is 4.47. The molecule has 2 heterocycles. The number of hydrogen-bond donors (Lipinski definition) is 5. The number of anilines is 2. The minimum atomic E-state index is -1.22. The van der Waals surface area contributed by atoms with Crippen LogP contribution in [0.2, 0.25) is 0 Å². The lowest BCUT2D eigenvalue weighted by atomic mass is 9.90. The minimum absolute atomic E-state index is 0.245. The summed E-state index contributed by atoms with van der Waals surface area (Å²) in [7, 11) is 0. The second-order valence-electron chi connectivity index (χ2n) is 6.93. The van der Waals surface area contributed by atoms with Gasteiger partial charge in [-0.15, -0.1) is 10.2 Å². The molecule has 1 aromatic carbocycles. The van der Waals surface area contributed by atoms with Gasteiger partial charge in [-0.25, -0.2) is 4.79 Å². The van der Waals surface area contributed by atoms with Gasteiger partial charge in [0.2, 0.25) is 5.13 Å². The van der Waals surface area contributed by atoms with Crippen molar-refractivity contribution in [1.29, 1.82) is 0 Å². The first-order chi connectivity index (χ1) is 13.6. The Hall–Kier alpha value is -2.11. The zero-order valence-corrected chi connectivity index (χ0v) is 15.9. The Morgan fingerprint density at radius 2 is 2.00 bits per heavy atom. The minimum Gasteiger partial charge on any atom is -0.394 e. The lowest BCUT2D eigenvalue weighted by molar-refractivity contribution is -0.0229. The van der Waals surface area contributed by atoms with Crippen molar-refractivity contribution in [3.8, 4) is 0 Å². The predicted octanol–water partition coefficient (Wildman–Crippen LogP) is 1.21. The van der Waals surface area contributed by atoms with Gasteiger partial charge < -0.3 is 25.4 Å². The van der Waals surface area contributed by atoms with Gasteiger partial charge in [0.15, 0.2) is 5.01 Å². The first-order valence-corrected chi connectivity index (χ1v) is 10.0. The summed E-state index contributed by atoms with van der Waals surface area (Å²) in [4.78, 5) is 12.4. The van der Waals surface area contributed by atoms with Crippen molar-refractivity contribution in [2.75, 3.05) is 17.2 Å². The van der Waals surface area contributed by atoms with Crippen LogP contribution >= 0.6 is 11.3 Å². The molecule has 0 unspecified atom stereocenters. The summed E-state index contributed by atoms with van der Waals surface area (Å²) in [5.41, 5.74) is 3.24. The van der Waals surface area contributed by atoms with Crippen LogP contribution in [0.25, 0.3) is 0 Å². The van der Waals surface area contributed by atoms with E-state index < -0.39 is 37.1 Å². The molecule has 4 atom stereocenters. The quantitative estimate of drug-likeness (QED) is 0.515. The number of nitrogens with zero attached hydrogens (tertiary/aromatic N) is 2. The molecule has 1 fully saturated rings. The topological polar surface area (TPSA) is 137 Å². The standard InChI is InChI=1S/C18H22N4O5S/c23-8-12-13(24)14(25)15(27-12)16-21-22-18(28-16)20-17(26)19-11-7-3-5-9-4-1-2-6-10(9)11/h3,5,7,12-15,23-25H,1-2,4,6,8H2,(H2,19,20,22,26)/t12-,13-,14-,15-/m1/s1. The lowest BCUT2D eigenvalue weighted by Crippen LogP contribution is -2.32. The molecule has 0 radical (unpaired) electrons. The molecule has 2 aromatic rings. The third-order valence-corrected chi connectivity index (χ3v) is 5.99. The van der Waals surface area contributed by atoms with Crippen LogP contribution in [0.4, 0.5) is 15.6 Å². The molecular weight excluding hydrogens is 384 g/mol. The van der Waals surface area contributed by atoms with Gasteiger partial charge in [0.05, 0.1) is 6.61 Å². The maximum absolute atomic E-state index is 12.4. The molecule has 4 rings (SSSR count). The van der Waals surface area contributed by atoms with E-state index in [1.807, 2.05) is 12.1 Å². The number of carbonyl (C=O) groups excluding carboxylic acids is 1. The van der Waals surface area contributed by atoms with E-state index in [1.54, 1.807) is 0 Å². The lowest BCUT2D eigenvalue weighted by Gasteiger charge is -2.19. The third-order valence-electron chi connectivity index (χ3n) is 5.09. The van der Waals surface area contributed by atoms with E-state index in [4.69, 9.17) is 4.74 Å². The highest BCUT2D eigenvalue weighted by Crippen LogP contribution is 2.36. The Morgan fingerprint density at radius 3 is 2.79 bits per heavy atom. The number of urea groups is 1. The van der Waals surface area contributed by atoms with Crippen LogP contribution in [0.5, 0.6) is 0 Å². The molecule has 1 saturated heterocycles. The monoisotopic (exact) mass is 406 g/mol. The van der Waals surface area contributed by atoms with Crippen LogP contribution in [0, 0.1) is 0 Å². The number of aromatic nitrogens is 2. The maximum Gasteiger partial charge on any atom is 0.325 e. The van der Waals surface area contributed by atoms with Crippen molar-refractivity contribution >= 4 is 28.2 Å². The summed E-state index contributed by atoms with van der Waals surface area (Å²) in [5, 5.41) is 43.0. The van der Waals surface area contributed by atoms with Crippen LogP contribution in [-0.2, 0) is 17.6 Å². The number of fused-ring (bicyclic) bond motifs is 1. The zero-order valence-electron chi connectivity index (χ0n) is 15.0. The number of benzene rings is 1. The van der Waals surface area contributed by atoms with Crippen molar-refractivity contribution < 1.29 is 24.9 Å². The molecule has 0 bridgehead atoms. The van der Waals surface area contributed by atoms with Crippen LogP contribution in [0.15, 0.2) is 18.2 Å². The van der Waals surface area contributed by atoms with Gasteiger partial charge in [0.1, 0.15) is 24.4 Å². The number of aryl methyl sites for hydroxylation is 1. The van der Waals surface area contributed by atoms with E-state index in [1.165, 1.54) is 11.1 Å². The Bertz CT molecular complexity index is 860. The van der Waals surface area contributed by atoms with Gasteiger partial charge in [-0.1, -0.05) is 23.5 Å². The number of carbonyl (C=O) groups is 1. The number of rotatable bonds is 4. The molecule has 9 nitrogen and oxygen atoms in total. The number of hydrogen-bond acceptors (Lipinski definition) is 8. The fourth-order valence-electron chi connectivity index (χ4n) is 3.65. The van der Waals surface area contributed by atoms with Crippen molar-refractivity contribution in [2.45, 2.75) is 50.1 Å². The van der Waals surface area contributed by atoms with Gasteiger partial charge >= 0.3 is 6.03 Å². The van der Waals surface area contributed by atoms with Crippen LogP contribution < -0.4 is 10.6 Å². The highest BCUT2D eigenvalue weighted by molar-refractivity contribution is 7.15. The molecule has 0 saturated carbocycles. The van der Waals surface area contributed by atoms with E-state index in [-0.39, 0.29) is 5.13 Å². The number of amides is 2. The average Bonchev–Trinajstić information content (AvgIpc) is 3.27. The highest BCUT2D eigenvalue weighted by atomic mass is 32.1. The van der Waals surface area contributed by atoms with E-state index >= 15 is 0 Å². The molecule has 28 heavy (non-hydrogen) atoms. The Labute approximate surface area is 165 Å². The van der Waals surface area contributed by atoms with Gasteiger partial charge in [0.25, 0.3) is 0 Å². The zero-order chi connectivity index (χ0) is 19.7. The number of nitrogens with one attached hydrogen (secondary N) is 2. The Kier molecular flexibility index (Phi) is 5.56. The van der Waals surface area contributed by atoms with E-state index in [9.17, 15) is 20.1 Å². The van der Waals surface area contributed by atoms with Crippen LogP contribution in [0.1, 0.15) is 35.1 Å². The molecule has 1 aliphatic carbocycles. The molecule has 0 spiro atoms. The molecule has 2 aliphatic rings. The summed E-state index contributed by atoms with van der Waals surface area (Å²) >= 11 is 1.04. The molecule has 150 valence electrons. The Balaban J connectivity index is 1.41. The molecule has 1 aliphatic heterocycles. The fraction of sp³-hybridized carbons (Fsp3) is 0.500. The van der Waals surface area contributed by atoms with Gasteiger partial charge in [0, 0.05) is 5.69 Å². The number of ether oxygens (including phenoxy) is 1. The summed E-state index contributed by atoms with van der Waals surface area (Å²) in [6.45, 7) is -0.414. The highest BCUT2D eigenvalue weighted by Gasteiger charge is 2.44. The first kappa shape index (κ1) is 19.2. The van der Waals surface area contributed by atoms with Crippen LogP contribution in [-0.4, -0.2) is 56.5 Å². The summed E-state index contributed by atoms with van der Waals surface area (Å²) in [6.07, 6.45) is 0.0355. The van der Waals surface area contributed by atoms with Crippen molar-refractivity contribution in [1.82, 2.24) is 10.2 Å². The van der Waals surface area contributed by atoms with Crippen LogP contribution in [0.3, 0.4) is 0 Å². The molecule has 10 heteroatoms. The van der Waals surface area contributed by atoms with E-state index in [0.717, 1.165) is 42.7 Å². The third kappa shape index (κ3) is 3.74. The average molecular weight is 406 g/mol. The normalized spacial score (nSPS) is 26.7. The van der Waals surface area contributed by atoms with E-state index in [2.05, 4.69) is 26.9 Å². The Morgan fingerprint density at radius 1 is 1.18 bits per heavy atom. The largest absolute Gasteiger partial charge is 0.394 e. The van der Waals surface area contributed by atoms with Gasteiger partial charge in [-0.05, 0) is 42.9 Å². The maximum atomic E-state index is 12.4. The second kappa shape index (κ2) is 8.10. The summed E-state index contributed by atoms with van der Waals surface area (Å²) < 4.78 is 5.43.